The third kappa shape index (κ3) is 1.48. The van der Waals surface area contributed by atoms with Crippen molar-refractivity contribution in [2.45, 2.75) is 0 Å². The summed E-state index contributed by atoms with van der Waals surface area (Å²) in [6.07, 6.45) is 0. The molecule has 2 N–H and O–H groups in total. The van der Waals surface area contributed by atoms with Crippen LogP contribution in [0.25, 0.3) is 0 Å². The van der Waals surface area contributed by atoms with Gasteiger partial charge < -0.3 is 5.73 Å². The van der Waals surface area contributed by atoms with Gasteiger partial charge in [-0.3, -0.25) is 10.1 Å². The van der Waals surface area contributed by atoms with Crippen molar-refractivity contribution in [3.05, 3.63) is 21.3 Å². The van der Waals surface area contributed by atoms with Gasteiger partial charge in [0.25, 0.3) is 0 Å². The van der Waals surface area contributed by atoms with Gasteiger partial charge in [0.15, 0.2) is 0 Å². The van der Waals surface area contributed by atoms with Crippen molar-refractivity contribution in [1.29, 1.82) is 0 Å². The molecule has 7 heteroatoms. The summed E-state index contributed by atoms with van der Waals surface area (Å²) in [5.41, 5.74) is 4.90. The van der Waals surface area contributed by atoms with Crippen LogP contribution in [0.4, 0.5) is 11.5 Å². The fraction of sp³-hybridized carbons (Fsp3) is 0. The molecule has 0 aromatic carbocycles. The summed E-state index contributed by atoms with van der Waals surface area (Å²) < 4.78 is 0. The van der Waals surface area contributed by atoms with Gasteiger partial charge in [0.2, 0.25) is 5.82 Å². The fourth-order valence-corrected chi connectivity index (χ4v) is 0.800. The van der Waals surface area contributed by atoms with Crippen LogP contribution >= 0.6 is 11.6 Å². The first-order chi connectivity index (χ1) is 5.52. The van der Waals surface area contributed by atoms with Crippen LogP contribution in [0.2, 0.25) is 5.15 Å². The minimum atomic E-state index is -0.672. The molecule has 0 fully saturated rings. The molecule has 1 aromatic rings. The Morgan fingerprint density at radius 2 is 2.33 bits per heavy atom. The lowest BCUT2D eigenvalue weighted by atomic mass is 9.98. The molecule has 5 nitrogen and oxygen atoms in total. The molecule has 0 amide bonds. The van der Waals surface area contributed by atoms with Gasteiger partial charge in [-0.15, -0.1) is 0 Å². The number of nitrogens with two attached hydrogens (primary N) is 1. The van der Waals surface area contributed by atoms with Crippen LogP contribution in [0, 0.1) is 10.1 Å². The van der Waals surface area contributed by atoms with E-state index in [-0.39, 0.29) is 22.1 Å². The molecule has 1 rings (SSSR count). The topological polar surface area (TPSA) is 82.0 Å². The Bertz CT molecular complexity index is 344. The Balaban J connectivity index is 3.33. The lowest BCUT2D eigenvalue weighted by molar-refractivity contribution is -0.384. The highest BCUT2D eigenvalue weighted by atomic mass is 35.5. The predicted molar refractivity (Wildman–Crippen MR) is 45.7 cm³/mol. The summed E-state index contributed by atoms with van der Waals surface area (Å²) in [6.45, 7) is 0. The van der Waals surface area contributed by atoms with Gasteiger partial charge in [-0.05, 0) is 0 Å². The standard InChI is InChI=1S/C5H3BClN3O2/c6-2-1-3(10(11)12)5(8)9-4(2)7/h1H,(H2,8,9). The maximum Gasteiger partial charge on any atom is 0.310 e. The molecule has 1 aromatic heterocycles. The second kappa shape index (κ2) is 2.98. The van der Waals surface area contributed by atoms with Gasteiger partial charge in [0.05, 0.1) is 4.92 Å². The van der Waals surface area contributed by atoms with Crippen LogP contribution in [0.3, 0.4) is 0 Å². The molecule has 1 heterocycles. The van der Waals surface area contributed by atoms with Crippen LogP contribution in [-0.4, -0.2) is 17.8 Å². The third-order valence-corrected chi connectivity index (χ3v) is 1.51. The summed E-state index contributed by atoms with van der Waals surface area (Å²) in [6, 6.07) is 1.07. The first-order valence-electron chi connectivity index (χ1n) is 2.88. The Kier molecular flexibility index (Phi) is 2.19. The first kappa shape index (κ1) is 8.80. The van der Waals surface area contributed by atoms with E-state index in [1.807, 2.05) is 0 Å². The average molecular weight is 183 g/mol. The van der Waals surface area contributed by atoms with Gasteiger partial charge in [0, 0.05) is 6.07 Å². The minimum absolute atomic E-state index is 0.0295. The lowest BCUT2D eigenvalue weighted by Crippen LogP contribution is -2.10. The third-order valence-electron chi connectivity index (χ3n) is 1.21. The van der Waals surface area contributed by atoms with E-state index in [0.717, 1.165) is 6.07 Å². The molecule has 0 unspecified atom stereocenters. The van der Waals surface area contributed by atoms with Crippen molar-refractivity contribution in [3.8, 4) is 0 Å². The number of nitrogens with zero attached hydrogens (tertiary/aromatic N) is 2. The predicted octanol–water partition coefficient (Wildman–Crippen LogP) is 0.0192. The number of halogens is 1. The van der Waals surface area contributed by atoms with Crippen molar-refractivity contribution in [1.82, 2.24) is 4.98 Å². The zero-order valence-electron chi connectivity index (χ0n) is 5.82. The summed E-state index contributed by atoms with van der Waals surface area (Å²) in [4.78, 5) is 13.1. The smallest absolute Gasteiger partial charge is 0.310 e. The number of hydrogen-bond donors (Lipinski definition) is 1. The molecule has 2 radical (unpaired) electrons. The van der Waals surface area contributed by atoms with Crippen LogP contribution in [0.15, 0.2) is 6.07 Å². The number of nitro groups is 1. The molecule has 0 atom stereocenters. The van der Waals surface area contributed by atoms with Crippen LogP contribution in [0.1, 0.15) is 0 Å². The Labute approximate surface area is 74.1 Å². The molecule has 60 valence electrons. The van der Waals surface area contributed by atoms with Crippen molar-refractivity contribution >= 4 is 36.4 Å². The number of pyridine rings is 1. The van der Waals surface area contributed by atoms with Crippen LogP contribution in [0.5, 0.6) is 0 Å². The molecule has 0 aliphatic rings. The molecule has 0 saturated heterocycles. The Morgan fingerprint density at radius 3 is 2.83 bits per heavy atom. The SMILES string of the molecule is [B]c1cc([N+](=O)[O-])c(N)nc1Cl. The summed E-state index contributed by atoms with van der Waals surface area (Å²) in [5.74, 6) is -0.237. The Hall–Kier alpha value is -1.30. The highest BCUT2D eigenvalue weighted by Gasteiger charge is 2.14. The van der Waals surface area contributed by atoms with E-state index in [2.05, 4.69) is 4.98 Å². The number of rotatable bonds is 1. The first-order valence-corrected chi connectivity index (χ1v) is 3.26. The zero-order chi connectivity index (χ0) is 9.30. The second-order valence-corrected chi connectivity index (χ2v) is 2.39. The summed E-state index contributed by atoms with van der Waals surface area (Å²) in [5, 5.41) is 10.2. The number of aromatic nitrogens is 1. The van der Waals surface area contributed by atoms with E-state index in [4.69, 9.17) is 25.2 Å². The molecule has 0 saturated carbocycles. The lowest BCUT2D eigenvalue weighted by Gasteiger charge is -1.99. The number of hydrogen-bond acceptors (Lipinski definition) is 4. The molecule has 0 bridgehead atoms. The molecule has 0 spiro atoms. The van der Waals surface area contributed by atoms with E-state index >= 15 is 0 Å². The van der Waals surface area contributed by atoms with Gasteiger partial charge >= 0.3 is 5.69 Å². The maximum atomic E-state index is 10.3. The monoisotopic (exact) mass is 183 g/mol. The van der Waals surface area contributed by atoms with E-state index < -0.39 is 4.92 Å². The highest BCUT2D eigenvalue weighted by molar-refractivity contribution is 6.44. The van der Waals surface area contributed by atoms with E-state index in [1.165, 1.54) is 0 Å². The molecular formula is C5H3BClN3O2. The number of anilines is 1. The van der Waals surface area contributed by atoms with E-state index in [1.54, 1.807) is 0 Å². The van der Waals surface area contributed by atoms with Crippen molar-refractivity contribution < 1.29 is 4.92 Å². The Morgan fingerprint density at radius 1 is 1.75 bits per heavy atom. The zero-order valence-corrected chi connectivity index (χ0v) is 6.58. The molecule has 12 heavy (non-hydrogen) atoms. The van der Waals surface area contributed by atoms with Gasteiger partial charge in [-0.1, -0.05) is 17.1 Å². The van der Waals surface area contributed by atoms with Crippen molar-refractivity contribution in [2.24, 2.45) is 0 Å². The quantitative estimate of drug-likeness (QED) is 0.288. The maximum absolute atomic E-state index is 10.3. The second-order valence-electron chi connectivity index (χ2n) is 2.03. The van der Waals surface area contributed by atoms with Crippen LogP contribution in [-0.2, 0) is 0 Å². The number of nitrogen functional groups attached to an aromatic ring is 1. The molecular weight excluding hydrogens is 180 g/mol. The summed E-state index contributed by atoms with van der Waals surface area (Å²) in [7, 11) is 5.27. The van der Waals surface area contributed by atoms with Gasteiger partial charge in [-0.2, -0.15) is 0 Å². The highest BCUT2D eigenvalue weighted by Crippen LogP contribution is 2.18. The average Bonchev–Trinajstić information content (AvgIpc) is 1.96. The molecule has 0 aliphatic heterocycles. The van der Waals surface area contributed by atoms with Crippen molar-refractivity contribution in [3.63, 3.8) is 0 Å². The van der Waals surface area contributed by atoms with Crippen molar-refractivity contribution in [2.75, 3.05) is 5.73 Å². The van der Waals surface area contributed by atoms with Gasteiger partial charge in [-0.25, -0.2) is 4.98 Å². The van der Waals surface area contributed by atoms with E-state index in [9.17, 15) is 10.1 Å². The summed E-state index contributed by atoms with van der Waals surface area (Å²) >= 11 is 5.45. The minimum Gasteiger partial charge on any atom is -0.378 e. The van der Waals surface area contributed by atoms with Crippen LogP contribution < -0.4 is 11.2 Å². The van der Waals surface area contributed by atoms with E-state index in [0.29, 0.717) is 0 Å². The molecule has 0 aliphatic carbocycles. The van der Waals surface area contributed by atoms with Gasteiger partial charge in [0.1, 0.15) is 13.0 Å². The largest absolute Gasteiger partial charge is 0.378 e. The normalized spacial score (nSPS) is 9.75. The fourth-order valence-electron chi connectivity index (χ4n) is 0.655.